The van der Waals surface area contributed by atoms with Gasteiger partial charge in [0.2, 0.25) is 0 Å². The van der Waals surface area contributed by atoms with E-state index in [1.165, 1.54) is 0 Å². The smallest absolute Gasteiger partial charge is 0.112 e. The average Bonchev–Trinajstić information content (AvgIpc) is 2.76. The molecule has 1 aromatic carbocycles. The van der Waals surface area contributed by atoms with E-state index in [0.717, 1.165) is 36.2 Å². The van der Waals surface area contributed by atoms with E-state index in [2.05, 4.69) is 18.4 Å². The maximum Gasteiger partial charge on any atom is 0.112 e. The lowest BCUT2D eigenvalue weighted by Crippen LogP contribution is -2.09. The van der Waals surface area contributed by atoms with Crippen LogP contribution in [0.15, 0.2) is 12.1 Å². The van der Waals surface area contributed by atoms with Gasteiger partial charge in [0, 0.05) is 19.1 Å². The fourth-order valence-corrected chi connectivity index (χ4v) is 2.88. The van der Waals surface area contributed by atoms with Crippen LogP contribution in [0.3, 0.4) is 0 Å². The third-order valence-corrected chi connectivity index (χ3v) is 4.43. The standard InChI is InChI=1S/C15H20Cl2N2O/c1-3-10(4-2)15-18-13-8-11(16)12(17)9-14(13)19(15)6-5-7-20/h8-10,20H,3-7H2,1-2H3. The number of rotatable bonds is 6. The normalized spacial score (nSPS) is 11.7. The highest BCUT2D eigenvalue weighted by Gasteiger charge is 2.18. The van der Waals surface area contributed by atoms with E-state index in [0.29, 0.717) is 22.4 Å². The predicted octanol–water partition coefficient (Wildman–Crippen LogP) is 4.63. The first-order valence-electron chi connectivity index (χ1n) is 7.08. The van der Waals surface area contributed by atoms with Gasteiger partial charge in [0.05, 0.1) is 21.1 Å². The van der Waals surface area contributed by atoms with Crippen molar-refractivity contribution in [2.24, 2.45) is 0 Å². The molecule has 0 atom stereocenters. The SMILES string of the molecule is CCC(CC)c1nc2cc(Cl)c(Cl)cc2n1CCCO. The number of imidazole rings is 1. The lowest BCUT2D eigenvalue weighted by molar-refractivity contribution is 0.279. The van der Waals surface area contributed by atoms with E-state index in [9.17, 15) is 0 Å². The second-order valence-electron chi connectivity index (χ2n) is 4.97. The Hall–Kier alpha value is -0.770. The topological polar surface area (TPSA) is 38.0 Å². The molecular formula is C15H20Cl2N2O. The molecule has 1 N–H and O–H groups in total. The van der Waals surface area contributed by atoms with Crippen molar-refractivity contribution in [1.29, 1.82) is 0 Å². The molecule has 0 aliphatic carbocycles. The van der Waals surface area contributed by atoms with Crippen LogP contribution in [0.5, 0.6) is 0 Å². The van der Waals surface area contributed by atoms with Crippen LogP contribution in [0, 0.1) is 0 Å². The maximum absolute atomic E-state index is 9.10. The van der Waals surface area contributed by atoms with Gasteiger partial charge in [-0.2, -0.15) is 0 Å². The minimum atomic E-state index is 0.170. The Labute approximate surface area is 129 Å². The fourth-order valence-electron chi connectivity index (χ4n) is 2.57. The Morgan fingerprint density at radius 1 is 1.20 bits per heavy atom. The van der Waals surface area contributed by atoms with Crippen molar-refractivity contribution in [2.45, 2.75) is 45.6 Å². The monoisotopic (exact) mass is 314 g/mol. The van der Waals surface area contributed by atoms with Gasteiger partial charge >= 0.3 is 0 Å². The molecule has 5 heteroatoms. The molecule has 0 saturated carbocycles. The molecule has 0 spiro atoms. The number of nitrogens with zero attached hydrogens (tertiary/aromatic N) is 2. The first-order valence-corrected chi connectivity index (χ1v) is 7.83. The Morgan fingerprint density at radius 2 is 1.85 bits per heavy atom. The molecule has 0 fully saturated rings. The molecule has 0 unspecified atom stereocenters. The van der Waals surface area contributed by atoms with Crippen LogP contribution < -0.4 is 0 Å². The molecular weight excluding hydrogens is 295 g/mol. The number of aryl methyl sites for hydroxylation is 1. The molecule has 2 rings (SSSR count). The van der Waals surface area contributed by atoms with Gasteiger partial charge in [-0.1, -0.05) is 37.0 Å². The van der Waals surface area contributed by atoms with Crippen LogP contribution in [-0.4, -0.2) is 21.3 Å². The zero-order chi connectivity index (χ0) is 14.7. The van der Waals surface area contributed by atoms with Crippen LogP contribution in [0.25, 0.3) is 11.0 Å². The summed E-state index contributed by atoms with van der Waals surface area (Å²) in [7, 11) is 0. The van der Waals surface area contributed by atoms with Gasteiger partial charge in [-0.05, 0) is 31.4 Å². The van der Waals surface area contributed by atoms with E-state index in [1.54, 1.807) is 0 Å². The fraction of sp³-hybridized carbons (Fsp3) is 0.533. The number of hydrogen-bond acceptors (Lipinski definition) is 2. The molecule has 0 aliphatic rings. The predicted molar refractivity (Wildman–Crippen MR) is 84.8 cm³/mol. The van der Waals surface area contributed by atoms with Crippen molar-refractivity contribution >= 4 is 34.2 Å². The van der Waals surface area contributed by atoms with E-state index in [-0.39, 0.29) is 6.61 Å². The van der Waals surface area contributed by atoms with Crippen molar-refractivity contribution in [3.05, 3.63) is 28.0 Å². The number of hydrogen-bond donors (Lipinski definition) is 1. The molecule has 0 aliphatic heterocycles. The van der Waals surface area contributed by atoms with Gasteiger partial charge < -0.3 is 9.67 Å². The molecule has 3 nitrogen and oxygen atoms in total. The van der Waals surface area contributed by atoms with E-state index >= 15 is 0 Å². The second-order valence-corrected chi connectivity index (χ2v) is 5.78. The molecule has 1 aromatic heterocycles. The largest absolute Gasteiger partial charge is 0.396 e. The summed E-state index contributed by atoms with van der Waals surface area (Å²) < 4.78 is 2.17. The highest BCUT2D eigenvalue weighted by Crippen LogP contribution is 2.32. The Balaban J connectivity index is 2.59. The molecule has 0 amide bonds. The average molecular weight is 315 g/mol. The summed E-state index contributed by atoms with van der Waals surface area (Å²) in [6.45, 7) is 5.26. The number of aromatic nitrogens is 2. The first-order chi connectivity index (χ1) is 9.62. The summed E-state index contributed by atoms with van der Waals surface area (Å²) in [5, 5.41) is 10.2. The van der Waals surface area contributed by atoms with Crippen LogP contribution in [0.4, 0.5) is 0 Å². The van der Waals surface area contributed by atoms with Crippen LogP contribution >= 0.6 is 23.2 Å². The molecule has 0 radical (unpaired) electrons. The highest BCUT2D eigenvalue weighted by molar-refractivity contribution is 6.42. The number of aliphatic hydroxyl groups is 1. The van der Waals surface area contributed by atoms with Crippen LogP contribution in [0.1, 0.15) is 44.9 Å². The van der Waals surface area contributed by atoms with Crippen molar-refractivity contribution in [2.75, 3.05) is 6.61 Å². The number of benzene rings is 1. The summed E-state index contributed by atoms with van der Waals surface area (Å²) >= 11 is 12.2. The summed E-state index contributed by atoms with van der Waals surface area (Å²) in [4.78, 5) is 4.75. The van der Waals surface area contributed by atoms with Gasteiger partial charge in [0.15, 0.2) is 0 Å². The van der Waals surface area contributed by atoms with Gasteiger partial charge in [0.25, 0.3) is 0 Å². The summed E-state index contributed by atoms with van der Waals surface area (Å²) in [5.41, 5.74) is 1.87. The third-order valence-electron chi connectivity index (χ3n) is 3.71. The van der Waals surface area contributed by atoms with Crippen LogP contribution in [-0.2, 0) is 6.54 Å². The van der Waals surface area contributed by atoms with Crippen molar-refractivity contribution in [3.8, 4) is 0 Å². The highest BCUT2D eigenvalue weighted by atomic mass is 35.5. The summed E-state index contributed by atoms with van der Waals surface area (Å²) in [6, 6.07) is 3.69. The van der Waals surface area contributed by atoms with E-state index in [4.69, 9.17) is 33.3 Å². The minimum Gasteiger partial charge on any atom is -0.396 e. The lowest BCUT2D eigenvalue weighted by atomic mass is 10.0. The third kappa shape index (κ3) is 2.95. The van der Waals surface area contributed by atoms with Gasteiger partial charge in [-0.25, -0.2) is 4.98 Å². The number of fused-ring (bicyclic) bond motifs is 1. The maximum atomic E-state index is 9.10. The van der Waals surface area contributed by atoms with Gasteiger partial charge in [-0.15, -0.1) is 0 Å². The minimum absolute atomic E-state index is 0.170. The second kappa shape index (κ2) is 6.79. The Kier molecular flexibility index (Phi) is 5.30. The molecule has 20 heavy (non-hydrogen) atoms. The van der Waals surface area contributed by atoms with Gasteiger partial charge in [-0.3, -0.25) is 0 Å². The Morgan fingerprint density at radius 3 is 2.45 bits per heavy atom. The molecule has 2 aromatic rings. The van der Waals surface area contributed by atoms with Crippen molar-refractivity contribution in [1.82, 2.24) is 9.55 Å². The quantitative estimate of drug-likeness (QED) is 0.844. The molecule has 0 bridgehead atoms. The Bertz CT molecular complexity index is 591. The van der Waals surface area contributed by atoms with Crippen molar-refractivity contribution in [3.63, 3.8) is 0 Å². The van der Waals surface area contributed by atoms with E-state index < -0.39 is 0 Å². The number of aliphatic hydroxyl groups excluding tert-OH is 1. The van der Waals surface area contributed by atoms with Gasteiger partial charge in [0.1, 0.15) is 5.82 Å². The molecule has 1 heterocycles. The van der Waals surface area contributed by atoms with E-state index in [1.807, 2.05) is 12.1 Å². The first kappa shape index (κ1) is 15.6. The zero-order valence-corrected chi connectivity index (χ0v) is 13.4. The lowest BCUT2D eigenvalue weighted by Gasteiger charge is -2.15. The summed E-state index contributed by atoms with van der Waals surface area (Å²) in [6.07, 6.45) is 2.79. The molecule has 0 saturated heterocycles. The summed E-state index contributed by atoms with van der Waals surface area (Å²) in [5.74, 6) is 1.48. The molecule has 110 valence electrons. The number of halogens is 2. The van der Waals surface area contributed by atoms with Crippen LogP contribution in [0.2, 0.25) is 10.0 Å². The zero-order valence-electron chi connectivity index (χ0n) is 11.9. The van der Waals surface area contributed by atoms with Crippen molar-refractivity contribution < 1.29 is 5.11 Å².